The number of pyridine rings is 1. The summed E-state index contributed by atoms with van der Waals surface area (Å²) in [5, 5.41) is 3.33. The Balaban J connectivity index is 2.02. The predicted octanol–water partition coefficient (Wildman–Crippen LogP) is 1.63. The summed E-state index contributed by atoms with van der Waals surface area (Å²) in [6.45, 7) is 0. The summed E-state index contributed by atoms with van der Waals surface area (Å²) < 4.78 is 0. The second kappa shape index (κ2) is 3.01. The molecule has 3 N–H and O–H groups in total. The van der Waals surface area contributed by atoms with Gasteiger partial charge in [0, 0.05) is 24.0 Å². The summed E-state index contributed by atoms with van der Waals surface area (Å²) in [6, 6.07) is 4.30. The van der Waals surface area contributed by atoms with E-state index >= 15 is 0 Å². The van der Waals surface area contributed by atoms with Crippen LogP contribution in [0, 0.1) is 0 Å². The molecule has 64 valence electrons. The van der Waals surface area contributed by atoms with Crippen LogP contribution >= 0.6 is 0 Å². The van der Waals surface area contributed by atoms with Gasteiger partial charge in [-0.05, 0) is 25.3 Å². The van der Waals surface area contributed by atoms with Gasteiger partial charge in [0.15, 0.2) is 0 Å². The number of hydrogen-bond acceptors (Lipinski definition) is 3. The lowest BCUT2D eigenvalue weighted by Crippen LogP contribution is -2.27. The minimum absolute atomic E-state index is 0.624. The zero-order chi connectivity index (χ0) is 8.39. The Morgan fingerprint density at radius 2 is 2.33 bits per heavy atom. The summed E-state index contributed by atoms with van der Waals surface area (Å²) in [4.78, 5) is 4.17. The van der Waals surface area contributed by atoms with E-state index in [1.54, 1.807) is 12.3 Å². The molecule has 3 nitrogen and oxygen atoms in total. The fourth-order valence-electron chi connectivity index (χ4n) is 1.29. The molecule has 1 fully saturated rings. The predicted molar refractivity (Wildman–Crippen MR) is 49.9 cm³/mol. The van der Waals surface area contributed by atoms with Crippen LogP contribution in [0.25, 0.3) is 0 Å². The van der Waals surface area contributed by atoms with E-state index in [-0.39, 0.29) is 0 Å². The van der Waals surface area contributed by atoms with Crippen LogP contribution in [0.15, 0.2) is 18.3 Å². The van der Waals surface area contributed by atoms with Crippen LogP contribution in [-0.2, 0) is 0 Å². The Morgan fingerprint density at radius 3 is 2.92 bits per heavy atom. The lowest BCUT2D eigenvalue weighted by molar-refractivity contribution is 0.444. The molecule has 1 aliphatic carbocycles. The molecule has 0 saturated heterocycles. The molecule has 0 amide bonds. The van der Waals surface area contributed by atoms with Gasteiger partial charge in [-0.3, -0.25) is 0 Å². The van der Waals surface area contributed by atoms with Crippen LogP contribution in [0.2, 0.25) is 0 Å². The van der Waals surface area contributed by atoms with Gasteiger partial charge < -0.3 is 11.1 Å². The highest BCUT2D eigenvalue weighted by Gasteiger charge is 2.16. The van der Waals surface area contributed by atoms with Gasteiger partial charge in [0.1, 0.15) is 5.82 Å². The fraction of sp³-hybridized carbons (Fsp3) is 0.444. The Hall–Kier alpha value is -1.25. The SMILES string of the molecule is Nc1ccnc(NC2CCC2)c1. The number of rotatable bonds is 2. The van der Waals surface area contributed by atoms with Crippen molar-refractivity contribution in [2.75, 3.05) is 11.1 Å². The highest BCUT2D eigenvalue weighted by Crippen LogP contribution is 2.22. The highest BCUT2D eigenvalue weighted by molar-refractivity contribution is 5.48. The summed E-state index contributed by atoms with van der Waals surface area (Å²) in [5.74, 6) is 0.903. The van der Waals surface area contributed by atoms with Crippen molar-refractivity contribution in [3.05, 3.63) is 18.3 Å². The van der Waals surface area contributed by atoms with Gasteiger partial charge in [-0.2, -0.15) is 0 Å². The molecule has 2 rings (SSSR count). The van der Waals surface area contributed by atoms with Crippen molar-refractivity contribution in [1.82, 2.24) is 4.98 Å². The normalized spacial score (nSPS) is 17.0. The van der Waals surface area contributed by atoms with Crippen molar-refractivity contribution in [1.29, 1.82) is 0 Å². The minimum atomic E-state index is 0.624. The number of nitrogens with zero attached hydrogens (tertiary/aromatic N) is 1. The molecule has 0 radical (unpaired) electrons. The number of aromatic nitrogens is 1. The Kier molecular flexibility index (Phi) is 1.86. The van der Waals surface area contributed by atoms with Gasteiger partial charge in [0.25, 0.3) is 0 Å². The molecule has 0 unspecified atom stereocenters. The molecule has 0 spiro atoms. The maximum atomic E-state index is 5.61. The first-order chi connectivity index (χ1) is 5.84. The van der Waals surface area contributed by atoms with E-state index in [0.717, 1.165) is 11.5 Å². The van der Waals surface area contributed by atoms with E-state index in [9.17, 15) is 0 Å². The molecule has 1 aromatic heterocycles. The number of nitrogens with one attached hydrogen (secondary N) is 1. The molecular formula is C9H13N3. The van der Waals surface area contributed by atoms with Crippen molar-refractivity contribution in [2.24, 2.45) is 0 Å². The molecule has 1 aromatic rings. The van der Waals surface area contributed by atoms with Gasteiger partial charge >= 0.3 is 0 Å². The van der Waals surface area contributed by atoms with Crippen molar-refractivity contribution < 1.29 is 0 Å². The zero-order valence-electron chi connectivity index (χ0n) is 6.96. The summed E-state index contributed by atoms with van der Waals surface area (Å²) >= 11 is 0. The molecule has 3 heteroatoms. The van der Waals surface area contributed by atoms with Crippen molar-refractivity contribution in [2.45, 2.75) is 25.3 Å². The van der Waals surface area contributed by atoms with Crippen LogP contribution < -0.4 is 11.1 Å². The number of nitrogens with two attached hydrogens (primary N) is 1. The number of nitrogen functional groups attached to an aromatic ring is 1. The summed E-state index contributed by atoms with van der Waals surface area (Å²) in [6.07, 6.45) is 5.59. The van der Waals surface area contributed by atoms with Crippen LogP contribution in [0.1, 0.15) is 19.3 Å². The maximum absolute atomic E-state index is 5.61. The van der Waals surface area contributed by atoms with E-state index in [4.69, 9.17) is 5.73 Å². The van der Waals surface area contributed by atoms with Crippen molar-refractivity contribution in [3.8, 4) is 0 Å². The van der Waals surface area contributed by atoms with Crippen LogP contribution in [0.4, 0.5) is 11.5 Å². The summed E-state index contributed by atoms with van der Waals surface area (Å²) in [5.41, 5.74) is 6.38. The van der Waals surface area contributed by atoms with Gasteiger partial charge in [0.05, 0.1) is 0 Å². The molecule has 0 aromatic carbocycles. The second-order valence-electron chi connectivity index (χ2n) is 3.25. The average molecular weight is 163 g/mol. The standard InChI is InChI=1S/C9H13N3/c10-7-4-5-11-9(6-7)12-8-2-1-3-8/h4-6,8H,1-3H2,(H3,10,11,12). The minimum Gasteiger partial charge on any atom is -0.399 e. The number of hydrogen-bond donors (Lipinski definition) is 2. The van der Waals surface area contributed by atoms with Gasteiger partial charge in [0.2, 0.25) is 0 Å². The maximum Gasteiger partial charge on any atom is 0.128 e. The Morgan fingerprint density at radius 1 is 1.50 bits per heavy atom. The van der Waals surface area contributed by atoms with Crippen LogP contribution in [-0.4, -0.2) is 11.0 Å². The molecule has 1 saturated carbocycles. The third kappa shape index (κ3) is 1.49. The highest BCUT2D eigenvalue weighted by atomic mass is 15.0. The first-order valence-corrected chi connectivity index (χ1v) is 4.33. The second-order valence-corrected chi connectivity index (χ2v) is 3.25. The molecule has 0 bridgehead atoms. The molecule has 12 heavy (non-hydrogen) atoms. The van der Waals surface area contributed by atoms with E-state index in [2.05, 4.69) is 10.3 Å². The Bertz CT molecular complexity index is 268. The third-order valence-electron chi connectivity index (χ3n) is 2.24. The first-order valence-electron chi connectivity index (χ1n) is 4.33. The van der Waals surface area contributed by atoms with Crippen molar-refractivity contribution >= 4 is 11.5 Å². The molecule has 0 aliphatic heterocycles. The van der Waals surface area contributed by atoms with Gasteiger partial charge in [-0.15, -0.1) is 0 Å². The lowest BCUT2D eigenvalue weighted by Gasteiger charge is -2.26. The molecular weight excluding hydrogens is 150 g/mol. The van der Waals surface area contributed by atoms with E-state index in [1.807, 2.05) is 6.07 Å². The lowest BCUT2D eigenvalue weighted by atomic mass is 9.93. The monoisotopic (exact) mass is 163 g/mol. The zero-order valence-corrected chi connectivity index (χ0v) is 6.96. The van der Waals surface area contributed by atoms with Crippen LogP contribution in [0.3, 0.4) is 0 Å². The van der Waals surface area contributed by atoms with Gasteiger partial charge in [-0.1, -0.05) is 0 Å². The van der Waals surface area contributed by atoms with E-state index in [1.165, 1.54) is 19.3 Å². The smallest absolute Gasteiger partial charge is 0.128 e. The fourth-order valence-corrected chi connectivity index (χ4v) is 1.29. The first kappa shape index (κ1) is 7.40. The quantitative estimate of drug-likeness (QED) is 0.696. The van der Waals surface area contributed by atoms with Gasteiger partial charge in [-0.25, -0.2) is 4.98 Å². The Labute approximate surface area is 72.0 Å². The topological polar surface area (TPSA) is 50.9 Å². The molecule has 1 aliphatic rings. The molecule has 1 heterocycles. The summed E-state index contributed by atoms with van der Waals surface area (Å²) in [7, 11) is 0. The van der Waals surface area contributed by atoms with Crippen molar-refractivity contribution in [3.63, 3.8) is 0 Å². The number of anilines is 2. The van der Waals surface area contributed by atoms with E-state index in [0.29, 0.717) is 6.04 Å². The van der Waals surface area contributed by atoms with E-state index < -0.39 is 0 Å². The third-order valence-corrected chi connectivity index (χ3v) is 2.24. The van der Waals surface area contributed by atoms with Crippen LogP contribution in [0.5, 0.6) is 0 Å². The largest absolute Gasteiger partial charge is 0.399 e. The molecule has 0 atom stereocenters. The average Bonchev–Trinajstić information content (AvgIpc) is 1.97.